The Labute approximate surface area is 124 Å². The molecule has 0 aliphatic heterocycles. The fraction of sp³-hybridized carbons (Fsp3) is 0.533. The van der Waals surface area contributed by atoms with Crippen LogP contribution in [-0.4, -0.2) is 26.3 Å². The van der Waals surface area contributed by atoms with Crippen LogP contribution in [0, 0.1) is 11.2 Å². The first kappa shape index (κ1) is 17.1. The number of nitrogens with one attached hydrogen (secondary N) is 2. The molecule has 0 saturated carbocycles. The van der Waals surface area contributed by atoms with Gasteiger partial charge in [0.2, 0.25) is 0 Å². The zero-order valence-corrected chi connectivity index (χ0v) is 13.3. The summed E-state index contributed by atoms with van der Waals surface area (Å²) in [6.45, 7) is 7.92. The van der Waals surface area contributed by atoms with E-state index >= 15 is 0 Å². The van der Waals surface area contributed by atoms with Crippen LogP contribution in [0.15, 0.2) is 12.1 Å². The molecule has 118 valence electrons. The number of methoxy groups -OCH3 is 2. The number of rotatable bonds is 4. The summed E-state index contributed by atoms with van der Waals surface area (Å²) in [5.41, 5.74) is -0.0562. The molecule has 0 bridgehead atoms. The van der Waals surface area contributed by atoms with Gasteiger partial charge in [0.15, 0.2) is 17.3 Å². The molecule has 1 aromatic rings. The smallest absolute Gasteiger partial charge is 0.319 e. The summed E-state index contributed by atoms with van der Waals surface area (Å²) in [5.74, 6) is 0.0216. The average Bonchev–Trinajstić information content (AvgIpc) is 2.39. The van der Waals surface area contributed by atoms with Gasteiger partial charge in [-0.15, -0.1) is 0 Å². The lowest BCUT2D eigenvalue weighted by Crippen LogP contribution is -2.43. The number of hydrogen-bond donors (Lipinski definition) is 2. The van der Waals surface area contributed by atoms with Crippen LogP contribution in [0.2, 0.25) is 0 Å². The molecule has 1 rings (SSSR count). The number of anilines is 1. The van der Waals surface area contributed by atoms with Crippen molar-refractivity contribution in [3.05, 3.63) is 17.9 Å². The highest BCUT2D eigenvalue weighted by Crippen LogP contribution is 2.32. The summed E-state index contributed by atoms with van der Waals surface area (Å²) in [6, 6.07) is 2.01. The Hall–Kier alpha value is -1.98. The second-order valence-electron chi connectivity index (χ2n) is 5.87. The van der Waals surface area contributed by atoms with Crippen molar-refractivity contribution in [2.75, 3.05) is 19.5 Å². The second-order valence-corrected chi connectivity index (χ2v) is 5.87. The highest BCUT2D eigenvalue weighted by atomic mass is 19.1. The molecule has 1 atom stereocenters. The molecule has 0 heterocycles. The summed E-state index contributed by atoms with van der Waals surface area (Å²) >= 11 is 0. The first-order valence-corrected chi connectivity index (χ1v) is 6.68. The van der Waals surface area contributed by atoms with Crippen molar-refractivity contribution < 1.29 is 18.7 Å². The van der Waals surface area contributed by atoms with E-state index in [1.54, 1.807) is 0 Å². The number of halogens is 1. The summed E-state index contributed by atoms with van der Waals surface area (Å²) in [4.78, 5) is 11.9. The SMILES string of the molecule is COc1cc(F)c(NC(=O)NC(C)C(C)(C)C)cc1OC. The molecule has 1 aromatic carbocycles. The van der Waals surface area contributed by atoms with Crippen molar-refractivity contribution in [2.24, 2.45) is 5.41 Å². The molecule has 0 saturated heterocycles. The maximum Gasteiger partial charge on any atom is 0.319 e. The van der Waals surface area contributed by atoms with Gasteiger partial charge in [0.1, 0.15) is 0 Å². The van der Waals surface area contributed by atoms with Crippen molar-refractivity contribution in [3.63, 3.8) is 0 Å². The fourth-order valence-electron chi connectivity index (χ4n) is 1.52. The number of amides is 2. The first-order valence-electron chi connectivity index (χ1n) is 6.68. The van der Waals surface area contributed by atoms with E-state index in [-0.39, 0.29) is 22.9 Å². The number of benzene rings is 1. The van der Waals surface area contributed by atoms with E-state index in [9.17, 15) is 9.18 Å². The van der Waals surface area contributed by atoms with E-state index < -0.39 is 11.8 Å². The molecule has 5 nitrogen and oxygen atoms in total. The Morgan fingerprint density at radius 1 is 1.19 bits per heavy atom. The number of carbonyl (C=O) groups excluding carboxylic acids is 1. The maximum atomic E-state index is 13.9. The lowest BCUT2D eigenvalue weighted by Gasteiger charge is -2.28. The van der Waals surface area contributed by atoms with E-state index in [0.29, 0.717) is 5.75 Å². The van der Waals surface area contributed by atoms with Gasteiger partial charge in [-0.2, -0.15) is 0 Å². The van der Waals surface area contributed by atoms with E-state index in [4.69, 9.17) is 9.47 Å². The van der Waals surface area contributed by atoms with Gasteiger partial charge in [0.05, 0.1) is 19.9 Å². The lowest BCUT2D eigenvalue weighted by molar-refractivity contribution is 0.233. The Morgan fingerprint density at radius 2 is 1.71 bits per heavy atom. The van der Waals surface area contributed by atoms with Crippen molar-refractivity contribution >= 4 is 11.7 Å². The van der Waals surface area contributed by atoms with E-state index in [1.807, 2.05) is 27.7 Å². The molecular formula is C15H23FN2O3. The fourth-order valence-corrected chi connectivity index (χ4v) is 1.52. The third-order valence-electron chi connectivity index (χ3n) is 3.37. The Kier molecular flexibility index (Phi) is 5.41. The maximum absolute atomic E-state index is 13.9. The minimum absolute atomic E-state index is 0.0336. The van der Waals surface area contributed by atoms with Crippen LogP contribution in [0.5, 0.6) is 11.5 Å². The summed E-state index contributed by atoms with van der Waals surface area (Å²) in [6.07, 6.45) is 0. The first-order chi connectivity index (χ1) is 9.68. The van der Waals surface area contributed by atoms with E-state index in [2.05, 4.69) is 10.6 Å². The van der Waals surface area contributed by atoms with Crippen molar-refractivity contribution in [3.8, 4) is 11.5 Å². The van der Waals surface area contributed by atoms with Crippen LogP contribution < -0.4 is 20.1 Å². The largest absolute Gasteiger partial charge is 0.493 e. The molecule has 0 fully saturated rings. The van der Waals surface area contributed by atoms with Gasteiger partial charge >= 0.3 is 6.03 Å². The summed E-state index contributed by atoms with van der Waals surface area (Å²) < 4.78 is 24.0. The number of carbonyl (C=O) groups is 1. The molecular weight excluding hydrogens is 275 g/mol. The van der Waals surface area contributed by atoms with Crippen LogP contribution in [0.3, 0.4) is 0 Å². The van der Waals surface area contributed by atoms with Gasteiger partial charge in [-0.3, -0.25) is 0 Å². The van der Waals surface area contributed by atoms with Gasteiger partial charge in [0, 0.05) is 18.2 Å². The normalized spacial score (nSPS) is 12.5. The highest BCUT2D eigenvalue weighted by Gasteiger charge is 2.22. The molecule has 21 heavy (non-hydrogen) atoms. The predicted octanol–water partition coefficient (Wildman–Crippen LogP) is 3.40. The predicted molar refractivity (Wildman–Crippen MR) is 80.6 cm³/mol. The quantitative estimate of drug-likeness (QED) is 0.895. The molecule has 0 aromatic heterocycles. The monoisotopic (exact) mass is 298 g/mol. The lowest BCUT2D eigenvalue weighted by atomic mass is 9.88. The Morgan fingerprint density at radius 3 is 2.19 bits per heavy atom. The molecule has 0 spiro atoms. The number of urea groups is 1. The van der Waals surface area contributed by atoms with Gasteiger partial charge in [-0.1, -0.05) is 20.8 Å². The van der Waals surface area contributed by atoms with Crippen LogP contribution in [0.25, 0.3) is 0 Å². The standard InChI is InChI=1S/C15H23FN2O3/c1-9(15(2,3)4)17-14(19)18-11-8-13(21-6)12(20-5)7-10(11)16/h7-9H,1-6H3,(H2,17,18,19). The molecule has 2 amide bonds. The van der Waals surface area contributed by atoms with Crippen LogP contribution in [0.4, 0.5) is 14.9 Å². The molecule has 0 aliphatic carbocycles. The molecule has 0 aliphatic rings. The summed E-state index contributed by atoms with van der Waals surface area (Å²) in [5, 5.41) is 5.25. The zero-order valence-electron chi connectivity index (χ0n) is 13.3. The molecule has 1 unspecified atom stereocenters. The third-order valence-corrected chi connectivity index (χ3v) is 3.37. The van der Waals surface area contributed by atoms with Crippen LogP contribution in [-0.2, 0) is 0 Å². The number of ether oxygens (including phenoxy) is 2. The average molecular weight is 298 g/mol. The zero-order chi connectivity index (χ0) is 16.2. The second kappa shape index (κ2) is 6.65. The molecule has 2 N–H and O–H groups in total. The summed E-state index contributed by atoms with van der Waals surface area (Å²) in [7, 11) is 2.86. The van der Waals surface area contributed by atoms with Gasteiger partial charge in [-0.25, -0.2) is 9.18 Å². The van der Waals surface area contributed by atoms with Gasteiger partial charge in [-0.05, 0) is 12.3 Å². The topological polar surface area (TPSA) is 59.6 Å². The third kappa shape index (κ3) is 4.51. The van der Waals surface area contributed by atoms with E-state index in [0.717, 1.165) is 0 Å². The minimum atomic E-state index is -0.591. The molecule has 0 radical (unpaired) electrons. The van der Waals surface area contributed by atoms with Gasteiger partial charge in [0.25, 0.3) is 0 Å². The minimum Gasteiger partial charge on any atom is -0.493 e. The van der Waals surface area contributed by atoms with Crippen molar-refractivity contribution in [2.45, 2.75) is 33.7 Å². The van der Waals surface area contributed by atoms with Crippen molar-refractivity contribution in [1.82, 2.24) is 5.32 Å². The van der Waals surface area contributed by atoms with E-state index in [1.165, 1.54) is 26.4 Å². The number of hydrogen-bond acceptors (Lipinski definition) is 3. The Balaban J connectivity index is 2.86. The van der Waals surface area contributed by atoms with Gasteiger partial charge < -0.3 is 20.1 Å². The van der Waals surface area contributed by atoms with Crippen molar-refractivity contribution in [1.29, 1.82) is 0 Å². The van der Waals surface area contributed by atoms with Crippen LogP contribution >= 0.6 is 0 Å². The van der Waals surface area contributed by atoms with Crippen LogP contribution in [0.1, 0.15) is 27.7 Å². The Bertz CT molecular complexity index is 512. The highest BCUT2D eigenvalue weighted by molar-refractivity contribution is 5.90. The molecule has 6 heteroatoms.